The third-order valence-corrected chi connectivity index (χ3v) is 1.67. The lowest BCUT2D eigenvalue weighted by molar-refractivity contribution is 0.147. The molecule has 4 nitrogen and oxygen atoms in total. The first-order valence-electron chi connectivity index (χ1n) is 3.56. The van der Waals surface area contributed by atoms with Gasteiger partial charge >= 0.3 is 6.09 Å². The minimum absolute atomic E-state index is 0.104. The quantitative estimate of drug-likeness (QED) is 0.555. The second kappa shape index (κ2) is 3.39. The minimum atomic E-state index is -0.354. The number of likely N-dealkylation sites (tertiary alicyclic amines) is 1. The molecule has 4 heteroatoms. The van der Waals surface area contributed by atoms with Gasteiger partial charge in [-0.2, -0.15) is 0 Å². The van der Waals surface area contributed by atoms with Crippen molar-refractivity contribution in [2.75, 3.05) is 13.1 Å². The van der Waals surface area contributed by atoms with Gasteiger partial charge in [-0.1, -0.05) is 6.58 Å². The van der Waals surface area contributed by atoms with Crippen LogP contribution in [0.2, 0.25) is 0 Å². The molecule has 1 atom stereocenters. The highest BCUT2D eigenvalue weighted by Gasteiger charge is 2.23. The van der Waals surface area contributed by atoms with Crippen LogP contribution in [0.25, 0.3) is 0 Å². The first kappa shape index (κ1) is 8.07. The average molecular weight is 156 g/mol. The van der Waals surface area contributed by atoms with Crippen molar-refractivity contribution >= 4 is 6.09 Å². The molecule has 0 aromatic rings. The number of nitrogens with two attached hydrogens (primary N) is 1. The summed E-state index contributed by atoms with van der Waals surface area (Å²) in [7, 11) is 0. The summed E-state index contributed by atoms with van der Waals surface area (Å²) < 4.78 is 4.57. The van der Waals surface area contributed by atoms with Crippen LogP contribution in [0.5, 0.6) is 0 Å². The molecule has 1 aliphatic rings. The van der Waals surface area contributed by atoms with Crippen LogP contribution in [0.15, 0.2) is 12.8 Å². The molecule has 0 aromatic carbocycles. The van der Waals surface area contributed by atoms with Crippen LogP contribution in [-0.2, 0) is 4.74 Å². The van der Waals surface area contributed by atoms with Crippen molar-refractivity contribution in [2.24, 2.45) is 5.73 Å². The Kier molecular flexibility index (Phi) is 2.48. The number of nitrogens with zero attached hydrogens (tertiary/aromatic N) is 1. The monoisotopic (exact) mass is 156 g/mol. The molecule has 0 aromatic heterocycles. The van der Waals surface area contributed by atoms with Gasteiger partial charge in [0.05, 0.1) is 6.26 Å². The van der Waals surface area contributed by atoms with Gasteiger partial charge in [0.25, 0.3) is 0 Å². The normalized spacial score (nSPS) is 23.4. The summed E-state index contributed by atoms with van der Waals surface area (Å²) in [6.07, 6.45) is 1.63. The summed E-state index contributed by atoms with van der Waals surface area (Å²) in [5, 5.41) is 0. The maximum absolute atomic E-state index is 11.0. The van der Waals surface area contributed by atoms with E-state index in [2.05, 4.69) is 11.3 Å². The lowest BCUT2D eigenvalue weighted by atomic mass is 10.3. The van der Waals surface area contributed by atoms with Crippen molar-refractivity contribution in [2.45, 2.75) is 12.5 Å². The lowest BCUT2D eigenvalue weighted by Gasteiger charge is -2.12. The SMILES string of the molecule is C=COC(=O)N1CCC(N)C1. The smallest absolute Gasteiger partial charge is 0.414 e. The number of carbonyl (C=O) groups excluding carboxylic acids is 1. The largest absolute Gasteiger partial charge is 0.419 e. The molecule has 0 radical (unpaired) electrons. The average Bonchev–Trinajstić information content (AvgIpc) is 2.36. The van der Waals surface area contributed by atoms with Crippen LogP contribution in [0, 0.1) is 0 Å². The molecule has 0 bridgehead atoms. The molecule has 0 saturated carbocycles. The molecular weight excluding hydrogens is 144 g/mol. The molecule has 1 unspecified atom stereocenters. The first-order valence-corrected chi connectivity index (χ1v) is 3.56. The van der Waals surface area contributed by atoms with Gasteiger partial charge in [-0.3, -0.25) is 0 Å². The molecule has 0 spiro atoms. The van der Waals surface area contributed by atoms with Crippen LogP contribution in [0.4, 0.5) is 4.79 Å². The summed E-state index contributed by atoms with van der Waals surface area (Å²) in [6, 6.07) is 0.104. The maximum atomic E-state index is 11.0. The van der Waals surface area contributed by atoms with E-state index in [9.17, 15) is 4.79 Å². The number of amides is 1. The van der Waals surface area contributed by atoms with Crippen LogP contribution in [-0.4, -0.2) is 30.1 Å². The second-order valence-electron chi connectivity index (χ2n) is 2.55. The summed E-state index contributed by atoms with van der Waals surface area (Å²) in [4.78, 5) is 12.5. The van der Waals surface area contributed by atoms with E-state index in [1.165, 1.54) is 0 Å². The Bertz CT molecular complexity index is 170. The standard InChI is InChI=1S/C7H12N2O2/c1-2-11-7(10)9-4-3-6(8)5-9/h2,6H,1,3-5,8H2. The van der Waals surface area contributed by atoms with E-state index in [-0.39, 0.29) is 12.1 Å². The Labute approximate surface area is 65.6 Å². The molecule has 1 amide bonds. The van der Waals surface area contributed by atoms with Crippen molar-refractivity contribution < 1.29 is 9.53 Å². The maximum Gasteiger partial charge on any atom is 0.414 e. The van der Waals surface area contributed by atoms with Crippen LogP contribution >= 0.6 is 0 Å². The van der Waals surface area contributed by atoms with Gasteiger partial charge in [0.15, 0.2) is 0 Å². The molecule has 1 fully saturated rings. The van der Waals surface area contributed by atoms with E-state index in [1.807, 2.05) is 0 Å². The van der Waals surface area contributed by atoms with Crippen molar-refractivity contribution in [1.82, 2.24) is 4.90 Å². The van der Waals surface area contributed by atoms with E-state index in [0.29, 0.717) is 13.1 Å². The highest BCUT2D eigenvalue weighted by atomic mass is 16.5. The number of hydrogen-bond acceptors (Lipinski definition) is 3. The third kappa shape index (κ3) is 1.94. The van der Waals surface area contributed by atoms with Gasteiger partial charge < -0.3 is 15.4 Å². The molecule has 11 heavy (non-hydrogen) atoms. The van der Waals surface area contributed by atoms with Gasteiger partial charge in [0, 0.05) is 19.1 Å². The summed E-state index contributed by atoms with van der Waals surface area (Å²) in [5.41, 5.74) is 5.58. The van der Waals surface area contributed by atoms with Crippen LogP contribution in [0.1, 0.15) is 6.42 Å². The van der Waals surface area contributed by atoms with Gasteiger partial charge in [0.2, 0.25) is 0 Å². The number of ether oxygens (including phenoxy) is 1. The van der Waals surface area contributed by atoms with Crippen LogP contribution < -0.4 is 5.73 Å². The fraction of sp³-hybridized carbons (Fsp3) is 0.571. The second-order valence-corrected chi connectivity index (χ2v) is 2.55. The molecular formula is C7H12N2O2. The Hall–Kier alpha value is -1.03. The number of hydrogen-bond donors (Lipinski definition) is 1. The molecule has 2 N–H and O–H groups in total. The zero-order chi connectivity index (χ0) is 8.27. The minimum Gasteiger partial charge on any atom is -0.419 e. The van der Waals surface area contributed by atoms with Gasteiger partial charge in [-0.25, -0.2) is 4.79 Å². The Morgan fingerprint density at radius 2 is 2.55 bits per heavy atom. The highest BCUT2D eigenvalue weighted by molar-refractivity contribution is 5.68. The van der Waals surface area contributed by atoms with Crippen molar-refractivity contribution in [3.05, 3.63) is 12.8 Å². The van der Waals surface area contributed by atoms with Gasteiger partial charge in [-0.05, 0) is 6.42 Å². The fourth-order valence-corrected chi connectivity index (χ4v) is 1.10. The van der Waals surface area contributed by atoms with E-state index < -0.39 is 0 Å². The zero-order valence-electron chi connectivity index (χ0n) is 6.32. The van der Waals surface area contributed by atoms with Crippen molar-refractivity contribution in [1.29, 1.82) is 0 Å². The molecule has 1 aliphatic heterocycles. The summed E-state index contributed by atoms with van der Waals surface area (Å²) in [6.45, 7) is 4.57. The van der Waals surface area contributed by atoms with Crippen molar-refractivity contribution in [3.63, 3.8) is 0 Å². The van der Waals surface area contributed by atoms with E-state index >= 15 is 0 Å². The molecule has 1 rings (SSSR count). The predicted octanol–water partition coefficient (Wildman–Crippen LogP) is 0.299. The molecule has 1 saturated heterocycles. The topological polar surface area (TPSA) is 55.6 Å². The van der Waals surface area contributed by atoms with Crippen LogP contribution in [0.3, 0.4) is 0 Å². The first-order chi connectivity index (χ1) is 5.24. The van der Waals surface area contributed by atoms with Gasteiger partial charge in [0.1, 0.15) is 0 Å². The predicted molar refractivity (Wildman–Crippen MR) is 40.8 cm³/mol. The van der Waals surface area contributed by atoms with Gasteiger partial charge in [-0.15, -0.1) is 0 Å². The Morgan fingerprint density at radius 3 is 3.00 bits per heavy atom. The Morgan fingerprint density at radius 1 is 1.82 bits per heavy atom. The highest BCUT2D eigenvalue weighted by Crippen LogP contribution is 2.07. The number of carbonyl (C=O) groups is 1. The van der Waals surface area contributed by atoms with E-state index in [1.54, 1.807) is 4.90 Å². The fourth-order valence-electron chi connectivity index (χ4n) is 1.10. The Balaban J connectivity index is 2.36. The van der Waals surface area contributed by atoms with E-state index in [0.717, 1.165) is 12.7 Å². The molecule has 0 aliphatic carbocycles. The van der Waals surface area contributed by atoms with Crippen molar-refractivity contribution in [3.8, 4) is 0 Å². The summed E-state index contributed by atoms with van der Waals surface area (Å²) >= 11 is 0. The third-order valence-electron chi connectivity index (χ3n) is 1.67. The number of rotatable bonds is 1. The van der Waals surface area contributed by atoms with E-state index in [4.69, 9.17) is 5.73 Å². The lowest BCUT2D eigenvalue weighted by Crippen LogP contribution is -2.31. The molecule has 1 heterocycles. The summed E-state index contributed by atoms with van der Waals surface area (Å²) in [5.74, 6) is 0. The zero-order valence-corrected chi connectivity index (χ0v) is 6.32. The molecule has 62 valence electrons.